The quantitative estimate of drug-likeness (QED) is 0.536. The van der Waals surface area contributed by atoms with Gasteiger partial charge in [-0.05, 0) is 27.7 Å². The fourth-order valence-electron chi connectivity index (χ4n) is 5.01. The Morgan fingerprint density at radius 2 is 1.47 bits per heavy atom. The van der Waals surface area contributed by atoms with E-state index < -0.39 is 35.6 Å². The van der Waals surface area contributed by atoms with Gasteiger partial charge in [0, 0.05) is 0 Å². The number of aliphatic hydroxyl groups excluding tert-OH is 1. The Morgan fingerprint density at radius 3 is 2.00 bits per heavy atom. The number of hydrogen-bond donors (Lipinski definition) is 1. The smallest absolute Gasteiger partial charge is 0.335 e. The van der Waals surface area contributed by atoms with Crippen molar-refractivity contribution in [2.24, 2.45) is 0 Å². The normalized spacial score (nSPS) is 30.0. The maximum absolute atomic E-state index is 11.2. The minimum absolute atomic E-state index is 0.200. The summed E-state index contributed by atoms with van der Waals surface area (Å²) in [6.07, 6.45) is -2.57. The van der Waals surface area contributed by atoms with Crippen LogP contribution >= 0.6 is 0 Å². The van der Waals surface area contributed by atoms with Crippen LogP contribution in [0.3, 0.4) is 0 Å². The Balaban J connectivity index is 1.90. The molecule has 0 spiro atoms. The van der Waals surface area contributed by atoms with Crippen molar-refractivity contribution in [2.45, 2.75) is 109 Å². The summed E-state index contributed by atoms with van der Waals surface area (Å²) < 4.78 is 33.0. The molecule has 3 rings (SSSR count). The zero-order chi connectivity index (χ0) is 23.7. The predicted octanol–water partition coefficient (Wildman–Crippen LogP) is 5.25. The highest BCUT2D eigenvalue weighted by Gasteiger charge is 2.61. The average Bonchev–Trinajstić information content (AvgIpc) is 3.00. The van der Waals surface area contributed by atoms with E-state index in [0.717, 1.165) is 5.56 Å². The first-order chi connectivity index (χ1) is 15.0. The summed E-state index contributed by atoms with van der Waals surface area (Å²) in [5.41, 5.74) is 1.97. The van der Waals surface area contributed by atoms with Gasteiger partial charge in [0.05, 0.1) is 13.2 Å². The van der Waals surface area contributed by atoms with Gasteiger partial charge in [-0.3, -0.25) is 0 Å². The Kier molecular flexibility index (Phi) is 8.42. The maximum Gasteiger partial charge on any atom is 0.335 e. The van der Waals surface area contributed by atoms with Crippen molar-refractivity contribution in [3.63, 3.8) is 0 Å². The van der Waals surface area contributed by atoms with Gasteiger partial charge in [-0.15, -0.1) is 0 Å². The molecular formula is C24H42O6Si2. The van der Waals surface area contributed by atoms with E-state index in [4.69, 9.17) is 22.4 Å². The molecule has 8 heteroatoms. The van der Waals surface area contributed by atoms with Crippen LogP contribution in [-0.4, -0.2) is 53.4 Å². The van der Waals surface area contributed by atoms with Gasteiger partial charge in [0.25, 0.3) is 0 Å². The summed E-state index contributed by atoms with van der Waals surface area (Å²) in [6.45, 7) is 18.2. The monoisotopic (exact) mass is 482 g/mol. The first-order valence-electron chi connectivity index (χ1n) is 12.0. The molecule has 1 aromatic rings. The van der Waals surface area contributed by atoms with Gasteiger partial charge in [-0.25, -0.2) is 0 Å². The number of ether oxygens (including phenoxy) is 2. The molecule has 2 aliphatic rings. The molecule has 2 fully saturated rings. The van der Waals surface area contributed by atoms with Crippen molar-refractivity contribution in [1.82, 2.24) is 0 Å². The molecule has 182 valence electrons. The van der Waals surface area contributed by atoms with Crippen LogP contribution < -0.4 is 0 Å². The highest BCUT2D eigenvalue weighted by Crippen LogP contribution is 2.47. The molecule has 0 saturated carbocycles. The molecule has 32 heavy (non-hydrogen) atoms. The van der Waals surface area contributed by atoms with E-state index in [9.17, 15) is 5.11 Å². The molecule has 0 unspecified atom stereocenters. The number of benzene rings is 1. The largest absolute Gasteiger partial charge is 0.414 e. The molecule has 2 saturated heterocycles. The highest BCUT2D eigenvalue weighted by molar-refractivity contribution is 6.83. The van der Waals surface area contributed by atoms with E-state index in [1.165, 1.54) is 0 Å². The number of rotatable bonds is 7. The molecule has 6 nitrogen and oxygen atoms in total. The maximum atomic E-state index is 11.2. The molecule has 0 aliphatic carbocycles. The van der Waals surface area contributed by atoms with Gasteiger partial charge in [0.1, 0.15) is 18.3 Å². The molecule has 0 radical (unpaired) electrons. The molecule has 2 aliphatic heterocycles. The number of fused-ring (bicyclic) bond motifs is 1. The Hall–Kier alpha value is -0.586. The van der Waals surface area contributed by atoms with Crippen molar-refractivity contribution >= 4 is 17.1 Å². The average molecular weight is 483 g/mol. The van der Waals surface area contributed by atoms with E-state index in [1.54, 1.807) is 0 Å². The van der Waals surface area contributed by atoms with Gasteiger partial charge in [0.15, 0.2) is 6.29 Å². The first kappa shape index (κ1) is 26.0. The summed E-state index contributed by atoms with van der Waals surface area (Å²) in [4.78, 5) is 0. The zero-order valence-electron chi connectivity index (χ0n) is 20.9. The van der Waals surface area contributed by atoms with Crippen LogP contribution in [0.1, 0.15) is 61.0 Å². The lowest BCUT2D eigenvalue weighted by atomic mass is 10.1. The van der Waals surface area contributed by atoms with E-state index in [2.05, 4.69) is 55.4 Å². The topological polar surface area (TPSA) is 66.4 Å². The van der Waals surface area contributed by atoms with Crippen LogP contribution in [-0.2, 0) is 29.0 Å². The van der Waals surface area contributed by atoms with Crippen LogP contribution in [0, 0.1) is 0 Å². The highest BCUT2D eigenvalue weighted by atomic mass is 28.5. The summed E-state index contributed by atoms with van der Waals surface area (Å²) in [7, 11) is -5.41. The second kappa shape index (κ2) is 10.4. The SMILES string of the molecule is CC(C)[Si]1(C(C)C)OC[C@H]2O[C@H](OCc3ccccc3)[C@@H](O)[C@@H]2O[Si](C(C)C)(C(C)C)O1. The minimum atomic E-state index is -2.78. The van der Waals surface area contributed by atoms with Crippen LogP contribution in [0.4, 0.5) is 0 Å². The lowest BCUT2D eigenvalue weighted by Gasteiger charge is -2.51. The standard InChI is InChI=1S/C24H42O6Si2/c1-16(2)31(17(3)4)27-15-21-23(29-32(30-31,18(5)6)19(7)8)22(25)24(28-21)26-14-20-12-10-9-11-13-20/h9-13,16-19,21-25H,14-15H2,1-8H3/t21-,22+,23-,24+/m1/s1. The summed E-state index contributed by atoms with van der Waals surface area (Å²) >= 11 is 0. The Morgan fingerprint density at radius 1 is 0.906 bits per heavy atom. The molecular weight excluding hydrogens is 440 g/mol. The van der Waals surface area contributed by atoms with Crippen LogP contribution in [0.2, 0.25) is 22.2 Å². The lowest BCUT2D eigenvalue weighted by molar-refractivity contribution is -0.175. The first-order valence-corrected chi connectivity index (χ1v) is 16.0. The van der Waals surface area contributed by atoms with Crippen molar-refractivity contribution in [3.05, 3.63) is 35.9 Å². The third kappa shape index (κ3) is 4.93. The molecule has 1 N–H and O–H groups in total. The van der Waals surface area contributed by atoms with E-state index >= 15 is 0 Å². The second-order valence-electron chi connectivity index (χ2n) is 10.4. The van der Waals surface area contributed by atoms with Gasteiger partial charge in [0.2, 0.25) is 0 Å². The third-order valence-electron chi connectivity index (χ3n) is 6.88. The molecule has 4 atom stereocenters. The fraction of sp³-hybridized carbons (Fsp3) is 0.750. The van der Waals surface area contributed by atoms with Crippen LogP contribution in [0.5, 0.6) is 0 Å². The summed E-state index contributed by atoms with van der Waals surface area (Å²) in [5.74, 6) is 0. The summed E-state index contributed by atoms with van der Waals surface area (Å²) in [5, 5.41) is 11.2. The van der Waals surface area contributed by atoms with E-state index in [0.29, 0.717) is 13.2 Å². The third-order valence-corrected chi connectivity index (χ3v) is 17.1. The van der Waals surface area contributed by atoms with Gasteiger partial charge in [-0.1, -0.05) is 85.7 Å². The van der Waals surface area contributed by atoms with E-state index in [-0.39, 0.29) is 28.3 Å². The van der Waals surface area contributed by atoms with Crippen LogP contribution in [0.15, 0.2) is 30.3 Å². The Bertz CT molecular complexity index is 710. The lowest BCUT2D eigenvalue weighted by Crippen LogP contribution is -2.65. The number of aliphatic hydroxyl groups is 1. The van der Waals surface area contributed by atoms with Crippen LogP contribution in [0.25, 0.3) is 0 Å². The molecule has 0 amide bonds. The number of hydrogen-bond acceptors (Lipinski definition) is 6. The van der Waals surface area contributed by atoms with Crippen molar-refractivity contribution < 1.29 is 27.5 Å². The summed E-state index contributed by atoms with van der Waals surface area (Å²) in [6, 6.07) is 9.91. The van der Waals surface area contributed by atoms with Crippen molar-refractivity contribution in [3.8, 4) is 0 Å². The van der Waals surface area contributed by atoms with E-state index in [1.807, 2.05) is 30.3 Å². The Labute approximate surface area is 196 Å². The fourth-order valence-corrected chi connectivity index (χ4v) is 16.2. The molecule has 2 heterocycles. The second-order valence-corrected chi connectivity index (χ2v) is 19.2. The van der Waals surface area contributed by atoms with Gasteiger partial charge in [-0.2, -0.15) is 0 Å². The van der Waals surface area contributed by atoms with Gasteiger partial charge >= 0.3 is 17.1 Å². The van der Waals surface area contributed by atoms with Crippen molar-refractivity contribution in [1.29, 1.82) is 0 Å². The molecule has 0 aromatic heterocycles. The molecule has 1 aromatic carbocycles. The minimum Gasteiger partial charge on any atom is -0.414 e. The molecule has 0 bridgehead atoms. The zero-order valence-corrected chi connectivity index (χ0v) is 22.9. The van der Waals surface area contributed by atoms with Gasteiger partial charge < -0.3 is 27.5 Å². The van der Waals surface area contributed by atoms with Crippen molar-refractivity contribution in [2.75, 3.05) is 6.61 Å². The predicted molar refractivity (Wildman–Crippen MR) is 130 cm³/mol.